The Labute approximate surface area is 125 Å². The molecule has 0 saturated carbocycles. The summed E-state index contributed by atoms with van der Waals surface area (Å²) in [5, 5.41) is -0.198. The van der Waals surface area contributed by atoms with Crippen LogP contribution in [-0.2, 0) is 4.79 Å². The van der Waals surface area contributed by atoms with Crippen molar-refractivity contribution in [3.63, 3.8) is 0 Å². The average molecular weight is 211 g/mol. The molecule has 0 spiro atoms. The summed E-state index contributed by atoms with van der Waals surface area (Å²) in [7, 11) is 0. The van der Waals surface area contributed by atoms with Gasteiger partial charge in [-0.1, -0.05) is 32.6 Å². The maximum absolute atomic E-state index is 10.2. The Kier molecular flexibility index (Phi) is 25.1. The Morgan fingerprint density at radius 1 is 1.08 bits per heavy atom. The van der Waals surface area contributed by atoms with Gasteiger partial charge in [0.05, 0.1) is 0 Å². The summed E-state index contributed by atoms with van der Waals surface area (Å²) >= 11 is 5.15. The van der Waals surface area contributed by atoms with Crippen LogP contribution in [0.5, 0.6) is 0 Å². The molecule has 0 bridgehead atoms. The molecule has 12 heavy (non-hydrogen) atoms. The van der Waals surface area contributed by atoms with Crippen LogP contribution >= 0.6 is 11.6 Å². The van der Waals surface area contributed by atoms with Crippen LogP contribution in [0, 0.1) is 0 Å². The normalized spacial score (nSPS) is 8.17. The zero-order valence-corrected chi connectivity index (χ0v) is 7.28. The van der Waals surface area contributed by atoms with Crippen LogP contribution in [0.4, 0.5) is 0 Å². The van der Waals surface area contributed by atoms with E-state index in [1.165, 1.54) is 19.3 Å². The molecule has 0 radical (unpaired) electrons. The minimum absolute atomic E-state index is 0. The quantitative estimate of drug-likeness (QED) is 0.371. The van der Waals surface area contributed by atoms with Crippen LogP contribution in [-0.4, -0.2) is 64.4 Å². The van der Waals surface area contributed by atoms with Crippen molar-refractivity contribution in [1.29, 1.82) is 0 Å². The average Bonchev–Trinajstić information content (AvgIpc) is 1.87. The van der Waals surface area contributed by atoms with Gasteiger partial charge in [0, 0.05) is 6.42 Å². The fourth-order valence-corrected chi connectivity index (χ4v) is 1.00. The summed E-state index contributed by atoms with van der Waals surface area (Å²) in [6.45, 7) is 2.17. The first kappa shape index (κ1) is 19.5. The second-order valence-electron chi connectivity index (χ2n) is 2.52. The van der Waals surface area contributed by atoms with E-state index >= 15 is 0 Å². The van der Waals surface area contributed by atoms with Gasteiger partial charge in [-0.05, 0) is 18.0 Å². The Hall–Kier alpha value is 1.96. The van der Waals surface area contributed by atoms with Gasteiger partial charge in [0.2, 0.25) is 5.24 Å². The van der Waals surface area contributed by atoms with Gasteiger partial charge in [-0.2, -0.15) is 0 Å². The zero-order chi connectivity index (χ0) is 7.82. The molecule has 0 heterocycles. The third-order valence-corrected chi connectivity index (χ3v) is 1.67. The summed E-state index contributed by atoms with van der Waals surface area (Å²) in [5.74, 6) is 0. The van der Waals surface area contributed by atoms with E-state index in [0.717, 1.165) is 12.8 Å². The first-order chi connectivity index (χ1) is 4.77. The second kappa shape index (κ2) is 15.4. The van der Waals surface area contributed by atoms with Gasteiger partial charge >= 0.3 is 59.1 Å². The molecule has 0 amide bonds. The Morgan fingerprint density at radius 3 is 2.00 bits per heavy atom. The van der Waals surface area contributed by atoms with Crippen molar-refractivity contribution in [2.75, 3.05) is 0 Å². The number of carbonyl (C=O) groups excluding carboxylic acids is 1. The summed E-state index contributed by atoms with van der Waals surface area (Å²) < 4.78 is 0. The number of halogens is 1. The molecule has 0 aliphatic carbocycles. The van der Waals surface area contributed by atoms with Gasteiger partial charge in [0.1, 0.15) is 0 Å². The molecular weight excluding hydrogens is 194 g/mol. The first-order valence-electron chi connectivity index (χ1n) is 3.95. The molecule has 64 valence electrons. The SMILES string of the molecule is CCCCCCCC(=O)Cl.[NaH].[NaH]. The van der Waals surface area contributed by atoms with Crippen LogP contribution in [0.3, 0.4) is 0 Å². The van der Waals surface area contributed by atoms with Gasteiger partial charge in [-0.15, -0.1) is 0 Å². The van der Waals surface area contributed by atoms with Crippen molar-refractivity contribution in [2.45, 2.75) is 45.4 Å². The molecule has 0 rings (SSSR count). The zero-order valence-electron chi connectivity index (χ0n) is 6.53. The van der Waals surface area contributed by atoms with Gasteiger partial charge < -0.3 is 0 Å². The van der Waals surface area contributed by atoms with E-state index in [1.807, 2.05) is 0 Å². The third kappa shape index (κ3) is 17.9. The molecule has 0 aromatic heterocycles. The Bertz CT molecular complexity index is 99.1. The molecular formula is C8H17ClNa2O. The van der Waals surface area contributed by atoms with Crippen molar-refractivity contribution in [3.05, 3.63) is 0 Å². The molecule has 0 aliphatic rings. The van der Waals surface area contributed by atoms with Crippen LogP contribution in [0.2, 0.25) is 0 Å². The van der Waals surface area contributed by atoms with E-state index in [2.05, 4.69) is 6.92 Å². The van der Waals surface area contributed by atoms with Crippen molar-refractivity contribution in [1.82, 2.24) is 0 Å². The van der Waals surface area contributed by atoms with Gasteiger partial charge in [-0.25, -0.2) is 0 Å². The summed E-state index contributed by atoms with van der Waals surface area (Å²) in [4.78, 5) is 10.2. The van der Waals surface area contributed by atoms with Crippen molar-refractivity contribution < 1.29 is 4.79 Å². The van der Waals surface area contributed by atoms with E-state index < -0.39 is 0 Å². The molecule has 1 nitrogen and oxygen atoms in total. The fourth-order valence-electron chi connectivity index (χ4n) is 0.868. The monoisotopic (exact) mass is 210 g/mol. The Balaban J connectivity index is -0.000000405. The van der Waals surface area contributed by atoms with Crippen molar-refractivity contribution in [3.8, 4) is 0 Å². The number of rotatable bonds is 6. The van der Waals surface area contributed by atoms with E-state index in [1.54, 1.807) is 0 Å². The molecule has 0 saturated heterocycles. The van der Waals surface area contributed by atoms with Gasteiger partial charge in [0.15, 0.2) is 0 Å². The standard InChI is InChI=1S/C8H15ClO.2Na.2H/c1-2-3-4-5-6-7-8(9)10;;;;/h2-7H2,1H3;;;;. The van der Waals surface area contributed by atoms with Gasteiger partial charge in [0.25, 0.3) is 0 Å². The van der Waals surface area contributed by atoms with E-state index in [9.17, 15) is 4.79 Å². The summed E-state index contributed by atoms with van der Waals surface area (Å²) in [6, 6.07) is 0. The number of carbonyl (C=O) groups is 1. The summed E-state index contributed by atoms with van der Waals surface area (Å²) in [6.07, 6.45) is 6.41. The number of hydrogen-bond acceptors (Lipinski definition) is 1. The fraction of sp³-hybridized carbons (Fsp3) is 0.875. The maximum atomic E-state index is 10.2. The summed E-state index contributed by atoms with van der Waals surface area (Å²) in [5.41, 5.74) is 0. The van der Waals surface area contributed by atoms with Crippen LogP contribution in [0.15, 0.2) is 0 Å². The number of unbranched alkanes of at least 4 members (excludes halogenated alkanes) is 4. The molecule has 4 heteroatoms. The number of hydrogen-bond donors (Lipinski definition) is 0. The molecule has 0 atom stereocenters. The second-order valence-corrected chi connectivity index (χ2v) is 2.94. The molecule has 0 aliphatic heterocycles. The van der Waals surface area contributed by atoms with E-state index in [4.69, 9.17) is 11.6 Å². The van der Waals surface area contributed by atoms with E-state index in [0.29, 0.717) is 6.42 Å². The van der Waals surface area contributed by atoms with Crippen LogP contribution < -0.4 is 0 Å². The molecule has 0 N–H and O–H groups in total. The predicted octanol–water partition coefficient (Wildman–Crippen LogP) is 1.82. The minimum atomic E-state index is -0.198. The Morgan fingerprint density at radius 2 is 1.58 bits per heavy atom. The van der Waals surface area contributed by atoms with Crippen molar-refractivity contribution >= 4 is 76.0 Å². The molecule has 0 fully saturated rings. The van der Waals surface area contributed by atoms with Gasteiger partial charge in [-0.3, -0.25) is 4.79 Å². The topological polar surface area (TPSA) is 17.1 Å². The third-order valence-electron chi connectivity index (χ3n) is 1.48. The molecule has 0 aromatic carbocycles. The van der Waals surface area contributed by atoms with E-state index in [-0.39, 0.29) is 64.4 Å². The molecule has 0 aromatic rings. The van der Waals surface area contributed by atoms with Crippen LogP contribution in [0.25, 0.3) is 0 Å². The first-order valence-corrected chi connectivity index (χ1v) is 4.33. The predicted molar refractivity (Wildman–Crippen MR) is 58.5 cm³/mol. The van der Waals surface area contributed by atoms with Crippen LogP contribution in [0.1, 0.15) is 45.4 Å². The van der Waals surface area contributed by atoms with Crippen molar-refractivity contribution in [2.24, 2.45) is 0 Å². The molecule has 0 unspecified atom stereocenters.